The van der Waals surface area contributed by atoms with Crippen LogP contribution < -0.4 is 0 Å². The van der Waals surface area contributed by atoms with Crippen LogP contribution in [0.4, 0.5) is 0 Å². The average molecular weight is 253 g/mol. The minimum absolute atomic E-state index is 0.149. The van der Waals surface area contributed by atoms with Crippen LogP contribution in [0.2, 0.25) is 0 Å². The summed E-state index contributed by atoms with van der Waals surface area (Å²) in [5.41, 5.74) is 7.18. The molecule has 0 radical (unpaired) electrons. The van der Waals surface area contributed by atoms with Gasteiger partial charge in [-0.25, -0.2) is 0 Å². The molecule has 0 aromatic heterocycles. The van der Waals surface area contributed by atoms with Crippen LogP contribution in [0.1, 0.15) is 38.2 Å². The molecule has 2 aliphatic rings. The first kappa shape index (κ1) is 12.2. The number of benzene rings is 1. The van der Waals surface area contributed by atoms with E-state index in [2.05, 4.69) is 33.8 Å². The van der Waals surface area contributed by atoms with Gasteiger partial charge in [0.15, 0.2) is 0 Å². The Kier molecular flexibility index (Phi) is 2.63. The number of hydrogen-bond donors (Lipinski definition) is 0. The van der Waals surface area contributed by atoms with Crippen LogP contribution in [0.25, 0.3) is 0 Å². The quantitative estimate of drug-likeness (QED) is 0.694. The third kappa shape index (κ3) is 1.59. The second-order valence-electron chi connectivity index (χ2n) is 5.56. The smallest absolute Gasteiger partial charge is 0.258 e. The number of allylic oxidation sites excluding steroid dienone is 2. The molecule has 0 fully saturated rings. The van der Waals surface area contributed by atoms with Gasteiger partial charge in [0.1, 0.15) is 0 Å². The summed E-state index contributed by atoms with van der Waals surface area (Å²) in [6, 6.07) is 0.185. The fraction of sp³-hybridized carbons (Fsp3) is 0.353. The van der Waals surface area contributed by atoms with Crippen LogP contribution in [0.3, 0.4) is 0 Å². The fourth-order valence-corrected chi connectivity index (χ4v) is 3.20. The van der Waals surface area contributed by atoms with Crippen LogP contribution in [0, 0.1) is 27.7 Å². The topological polar surface area (TPSA) is 20.3 Å². The molecule has 1 aromatic carbocycles. The Labute approximate surface area is 114 Å². The molecule has 1 amide bonds. The lowest BCUT2D eigenvalue weighted by Gasteiger charge is -2.36. The van der Waals surface area contributed by atoms with E-state index in [1.807, 2.05) is 23.3 Å². The Morgan fingerprint density at radius 2 is 1.68 bits per heavy atom. The van der Waals surface area contributed by atoms with Crippen molar-refractivity contribution in [2.75, 3.05) is 0 Å². The van der Waals surface area contributed by atoms with Gasteiger partial charge in [0, 0.05) is 11.8 Å². The number of hydrogen-bond acceptors (Lipinski definition) is 1. The first-order valence-electron chi connectivity index (χ1n) is 6.79. The number of rotatable bonds is 0. The second-order valence-corrected chi connectivity index (χ2v) is 5.56. The zero-order valence-electron chi connectivity index (χ0n) is 11.9. The SMILES string of the molecule is Cc1c(C)c(C)c2c(c1C)C[C@H]1C=CC=CN1C2=O. The van der Waals surface area contributed by atoms with E-state index in [-0.39, 0.29) is 11.9 Å². The largest absolute Gasteiger partial charge is 0.308 e. The number of carbonyl (C=O) groups excluding carboxylic acids is 1. The van der Waals surface area contributed by atoms with Crippen molar-refractivity contribution in [3.05, 3.63) is 57.8 Å². The first-order chi connectivity index (χ1) is 9.02. The standard InChI is InChI=1S/C17H19NO/c1-10-11(2)13(4)16-15(12(10)3)9-14-7-5-6-8-18(14)17(16)19/h5-8,14H,9H2,1-4H3/t14-/m1/s1. The number of amides is 1. The molecule has 98 valence electrons. The summed E-state index contributed by atoms with van der Waals surface area (Å²) < 4.78 is 0. The van der Waals surface area contributed by atoms with E-state index < -0.39 is 0 Å². The molecule has 2 nitrogen and oxygen atoms in total. The van der Waals surface area contributed by atoms with Gasteiger partial charge in [-0.2, -0.15) is 0 Å². The zero-order chi connectivity index (χ0) is 13.7. The Hall–Kier alpha value is -1.83. The summed E-state index contributed by atoms with van der Waals surface area (Å²) in [4.78, 5) is 14.6. The van der Waals surface area contributed by atoms with Gasteiger partial charge in [-0.15, -0.1) is 0 Å². The van der Waals surface area contributed by atoms with Gasteiger partial charge in [-0.1, -0.05) is 12.2 Å². The average Bonchev–Trinajstić information content (AvgIpc) is 2.43. The van der Waals surface area contributed by atoms with Gasteiger partial charge < -0.3 is 4.90 Å². The van der Waals surface area contributed by atoms with Crippen LogP contribution >= 0.6 is 0 Å². The lowest BCUT2D eigenvalue weighted by atomic mass is 9.82. The molecule has 19 heavy (non-hydrogen) atoms. The summed E-state index contributed by atoms with van der Waals surface area (Å²) >= 11 is 0. The molecule has 3 rings (SSSR count). The normalized spacial score (nSPS) is 20.5. The van der Waals surface area contributed by atoms with E-state index in [9.17, 15) is 4.79 Å². The zero-order valence-corrected chi connectivity index (χ0v) is 11.9. The van der Waals surface area contributed by atoms with Gasteiger partial charge in [0.2, 0.25) is 0 Å². The van der Waals surface area contributed by atoms with Gasteiger partial charge in [0.05, 0.1) is 6.04 Å². The van der Waals surface area contributed by atoms with Crippen molar-refractivity contribution < 1.29 is 4.79 Å². The van der Waals surface area contributed by atoms with Crippen molar-refractivity contribution in [3.8, 4) is 0 Å². The third-order valence-electron chi connectivity index (χ3n) is 4.73. The molecule has 0 bridgehead atoms. The molecule has 1 atom stereocenters. The van der Waals surface area contributed by atoms with Crippen molar-refractivity contribution >= 4 is 5.91 Å². The Bertz CT molecular complexity index is 637. The molecule has 0 aliphatic carbocycles. The molecule has 0 spiro atoms. The number of carbonyl (C=O) groups is 1. The Morgan fingerprint density at radius 1 is 1.00 bits per heavy atom. The van der Waals surface area contributed by atoms with E-state index in [1.54, 1.807) is 0 Å². The molecule has 0 unspecified atom stereocenters. The molecule has 2 aliphatic heterocycles. The fourth-order valence-electron chi connectivity index (χ4n) is 3.20. The highest BCUT2D eigenvalue weighted by Crippen LogP contribution is 2.34. The van der Waals surface area contributed by atoms with Gasteiger partial charge in [-0.3, -0.25) is 4.79 Å². The molecule has 0 saturated carbocycles. The summed E-state index contributed by atoms with van der Waals surface area (Å²) in [5.74, 6) is 0.149. The van der Waals surface area contributed by atoms with Crippen LogP contribution in [0.5, 0.6) is 0 Å². The predicted octanol–water partition coefficient (Wildman–Crippen LogP) is 3.37. The number of nitrogens with zero attached hydrogens (tertiary/aromatic N) is 1. The van der Waals surface area contributed by atoms with Gasteiger partial charge in [-0.05, 0) is 68.0 Å². The van der Waals surface area contributed by atoms with E-state index in [0.29, 0.717) is 0 Å². The summed E-state index contributed by atoms with van der Waals surface area (Å²) in [5, 5.41) is 0. The monoisotopic (exact) mass is 253 g/mol. The maximum atomic E-state index is 12.7. The number of fused-ring (bicyclic) bond motifs is 2. The van der Waals surface area contributed by atoms with Gasteiger partial charge in [0.25, 0.3) is 5.91 Å². The molecule has 0 saturated heterocycles. The summed E-state index contributed by atoms with van der Waals surface area (Å²) in [6.45, 7) is 8.49. The highest BCUT2D eigenvalue weighted by molar-refractivity contribution is 6.00. The van der Waals surface area contributed by atoms with Crippen LogP contribution in [0.15, 0.2) is 24.4 Å². The Morgan fingerprint density at radius 3 is 2.42 bits per heavy atom. The second kappa shape index (κ2) is 4.09. The molecule has 2 heterocycles. The minimum atomic E-state index is 0.149. The lowest BCUT2D eigenvalue weighted by Crippen LogP contribution is -2.43. The molecule has 0 N–H and O–H groups in total. The first-order valence-corrected chi connectivity index (χ1v) is 6.79. The highest BCUT2D eigenvalue weighted by Gasteiger charge is 2.33. The van der Waals surface area contributed by atoms with Gasteiger partial charge >= 0.3 is 0 Å². The van der Waals surface area contributed by atoms with Crippen LogP contribution in [-0.2, 0) is 6.42 Å². The van der Waals surface area contributed by atoms with Crippen molar-refractivity contribution in [3.63, 3.8) is 0 Å². The third-order valence-corrected chi connectivity index (χ3v) is 4.73. The minimum Gasteiger partial charge on any atom is -0.308 e. The van der Waals surface area contributed by atoms with E-state index in [0.717, 1.165) is 17.5 Å². The van der Waals surface area contributed by atoms with E-state index in [4.69, 9.17) is 0 Å². The van der Waals surface area contributed by atoms with E-state index in [1.165, 1.54) is 22.3 Å². The van der Waals surface area contributed by atoms with Crippen molar-refractivity contribution in [2.24, 2.45) is 0 Å². The summed E-state index contributed by atoms with van der Waals surface area (Å²) in [7, 11) is 0. The maximum absolute atomic E-state index is 12.7. The van der Waals surface area contributed by atoms with Crippen molar-refractivity contribution in [1.29, 1.82) is 0 Å². The predicted molar refractivity (Wildman–Crippen MR) is 77.3 cm³/mol. The van der Waals surface area contributed by atoms with Crippen molar-refractivity contribution in [1.82, 2.24) is 4.90 Å². The maximum Gasteiger partial charge on any atom is 0.258 e. The molecular weight excluding hydrogens is 234 g/mol. The molecular formula is C17H19NO. The Balaban J connectivity index is 2.26. The van der Waals surface area contributed by atoms with E-state index >= 15 is 0 Å². The highest BCUT2D eigenvalue weighted by atomic mass is 16.2. The lowest BCUT2D eigenvalue weighted by molar-refractivity contribution is 0.0770. The molecule has 2 heteroatoms. The van der Waals surface area contributed by atoms with Crippen LogP contribution in [-0.4, -0.2) is 16.8 Å². The van der Waals surface area contributed by atoms with Crippen molar-refractivity contribution in [2.45, 2.75) is 40.2 Å². The summed E-state index contributed by atoms with van der Waals surface area (Å²) in [6.07, 6.45) is 8.91. The molecule has 1 aromatic rings.